The highest BCUT2D eigenvalue weighted by molar-refractivity contribution is 5.96. The highest BCUT2D eigenvalue weighted by atomic mass is 16.5. The highest BCUT2D eigenvalue weighted by Crippen LogP contribution is 2.28. The van der Waals surface area contributed by atoms with Crippen LogP contribution >= 0.6 is 0 Å². The van der Waals surface area contributed by atoms with Crippen LogP contribution in [0.15, 0.2) is 35.0 Å². The van der Waals surface area contributed by atoms with Crippen LogP contribution in [0.1, 0.15) is 74.9 Å². The van der Waals surface area contributed by atoms with Crippen LogP contribution in [0.25, 0.3) is 0 Å². The Morgan fingerprint density at radius 1 is 1.05 bits per heavy atom. The summed E-state index contributed by atoms with van der Waals surface area (Å²) in [6, 6.07) is 5.26. The molecule has 1 aliphatic carbocycles. The molecule has 0 saturated heterocycles. The lowest BCUT2D eigenvalue weighted by atomic mass is 9.84. The molecule has 1 aromatic carbocycles. The van der Waals surface area contributed by atoms with Gasteiger partial charge in [-0.25, -0.2) is 0 Å². The number of aromatic nitrogens is 1. The molecule has 1 fully saturated rings. The fourth-order valence-corrected chi connectivity index (χ4v) is 4.80. The van der Waals surface area contributed by atoms with Crippen LogP contribution < -0.4 is 25.4 Å². The summed E-state index contributed by atoms with van der Waals surface area (Å²) in [5.74, 6) is 0.291. The molecular weight excluding hydrogens is 488 g/mol. The third-order valence-electron chi connectivity index (χ3n) is 7.32. The number of hydrogen-bond donors (Lipinski definition) is 3. The molecule has 208 valence electrons. The summed E-state index contributed by atoms with van der Waals surface area (Å²) in [4.78, 5) is 39.5. The topological polar surface area (TPSA) is 132 Å². The van der Waals surface area contributed by atoms with Gasteiger partial charge in [-0.1, -0.05) is 57.5 Å². The Morgan fingerprint density at radius 3 is 2.45 bits per heavy atom. The summed E-state index contributed by atoms with van der Waals surface area (Å²) in [7, 11) is 3.13. The molecule has 0 aliphatic heterocycles. The number of ether oxygens (including phenoxy) is 2. The van der Waals surface area contributed by atoms with Crippen LogP contribution in [0.2, 0.25) is 0 Å². The van der Waals surface area contributed by atoms with Crippen molar-refractivity contribution >= 4 is 17.7 Å². The van der Waals surface area contributed by atoms with Gasteiger partial charge in [-0.3, -0.25) is 14.4 Å². The van der Waals surface area contributed by atoms with Gasteiger partial charge in [0.1, 0.15) is 23.6 Å². The lowest BCUT2D eigenvalue weighted by Crippen LogP contribution is -2.56. The molecule has 10 heteroatoms. The van der Waals surface area contributed by atoms with Crippen molar-refractivity contribution in [2.75, 3.05) is 14.2 Å². The van der Waals surface area contributed by atoms with Crippen LogP contribution in [0.5, 0.6) is 11.5 Å². The van der Waals surface area contributed by atoms with Crippen LogP contribution in [-0.2, 0) is 16.1 Å². The van der Waals surface area contributed by atoms with E-state index in [0.717, 1.165) is 31.2 Å². The summed E-state index contributed by atoms with van der Waals surface area (Å²) in [6.07, 6.45) is 8.01. The van der Waals surface area contributed by atoms with Crippen molar-refractivity contribution < 1.29 is 28.4 Å². The largest absolute Gasteiger partial charge is 0.497 e. The second-order valence-corrected chi connectivity index (χ2v) is 9.91. The van der Waals surface area contributed by atoms with Gasteiger partial charge in [0.25, 0.3) is 5.91 Å². The average molecular weight is 529 g/mol. The maximum atomic E-state index is 13.5. The van der Waals surface area contributed by atoms with E-state index in [1.165, 1.54) is 18.7 Å². The number of carbonyl (C=O) groups is 3. The van der Waals surface area contributed by atoms with Crippen molar-refractivity contribution in [2.45, 2.75) is 77.4 Å². The zero-order valence-corrected chi connectivity index (χ0v) is 22.7. The minimum atomic E-state index is -0.795. The van der Waals surface area contributed by atoms with Crippen LogP contribution in [0.4, 0.5) is 0 Å². The quantitative estimate of drug-likeness (QED) is 0.362. The number of methoxy groups -OCH3 is 2. The van der Waals surface area contributed by atoms with E-state index >= 15 is 0 Å². The van der Waals surface area contributed by atoms with E-state index in [1.54, 1.807) is 26.4 Å². The molecule has 38 heavy (non-hydrogen) atoms. The summed E-state index contributed by atoms with van der Waals surface area (Å²) >= 11 is 0. The Hall–Kier alpha value is -3.56. The monoisotopic (exact) mass is 528 g/mol. The van der Waals surface area contributed by atoms with Gasteiger partial charge in [0.2, 0.25) is 17.6 Å². The lowest BCUT2D eigenvalue weighted by molar-refractivity contribution is -0.131. The summed E-state index contributed by atoms with van der Waals surface area (Å²) in [5, 5.41) is 12.2. The van der Waals surface area contributed by atoms with E-state index in [9.17, 15) is 14.4 Å². The maximum absolute atomic E-state index is 13.5. The normalized spacial score (nSPS) is 16.1. The van der Waals surface area contributed by atoms with Crippen molar-refractivity contribution in [1.29, 1.82) is 0 Å². The molecule has 10 nitrogen and oxygen atoms in total. The first-order valence-electron chi connectivity index (χ1n) is 13.4. The number of rotatable bonds is 13. The molecule has 1 aromatic heterocycles. The third kappa shape index (κ3) is 7.97. The van der Waals surface area contributed by atoms with E-state index in [4.69, 9.17) is 14.0 Å². The number of benzene rings is 1. The molecule has 0 bridgehead atoms. The van der Waals surface area contributed by atoms with Crippen LogP contribution in [0.3, 0.4) is 0 Å². The van der Waals surface area contributed by atoms with E-state index < -0.39 is 18.0 Å². The summed E-state index contributed by atoms with van der Waals surface area (Å²) < 4.78 is 15.6. The molecule has 2 aromatic rings. The standard InChI is InChI=1S/C28H40N4O6/c1-5-18(2)25(28(35)29-17-20-11-12-21(36-3)16-24(20)37-4)32-26(33)22(15-19-9-7-6-8-10-19)31-27(34)23-13-14-30-38-23/h11-14,16,18-19,22,25H,5-10,15,17H2,1-4H3,(H,29,35)(H,31,34)(H,32,33)/t18-,22-,25-/m0/s1. The Bertz CT molecular complexity index is 1050. The Balaban J connectivity index is 1.71. The molecule has 3 N–H and O–H groups in total. The minimum absolute atomic E-state index is 0.0381. The van der Waals surface area contributed by atoms with Crippen LogP contribution in [-0.4, -0.2) is 49.2 Å². The minimum Gasteiger partial charge on any atom is -0.497 e. The Labute approximate surface area is 224 Å². The average Bonchev–Trinajstić information content (AvgIpc) is 3.49. The van der Waals surface area contributed by atoms with Gasteiger partial charge in [0, 0.05) is 24.2 Å². The van der Waals surface area contributed by atoms with Crippen molar-refractivity contribution in [1.82, 2.24) is 21.1 Å². The van der Waals surface area contributed by atoms with E-state index in [2.05, 4.69) is 21.1 Å². The van der Waals surface area contributed by atoms with Crippen molar-refractivity contribution in [3.05, 3.63) is 41.8 Å². The maximum Gasteiger partial charge on any atom is 0.290 e. The molecular formula is C28H40N4O6. The van der Waals surface area contributed by atoms with Crippen molar-refractivity contribution in [3.63, 3.8) is 0 Å². The van der Waals surface area contributed by atoms with Gasteiger partial charge in [0.05, 0.1) is 20.4 Å². The molecule has 0 radical (unpaired) electrons. The fourth-order valence-electron chi connectivity index (χ4n) is 4.80. The predicted octanol–water partition coefficient (Wildman–Crippen LogP) is 3.61. The van der Waals surface area contributed by atoms with E-state index in [1.807, 2.05) is 19.9 Å². The number of amides is 3. The second kappa shape index (κ2) is 14.4. The number of carbonyl (C=O) groups excluding carboxylic acids is 3. The highest BCUT2D eigenvalue weighted by Gasteiger charge is 2.32. The molecule has 0 unspecified atom stereocenters. The number of nitrogens with zero attached hydrogens (tertiary/aromatic N) is 1. The fraction of sp³-hybridized carbons (Fsp3) is 0.571. The first kappa shape index (κ1) is 29.0. The first-order chi connectivity index (χ1) is 18.4. The first-order valence-corrected chi connectivity index (χ1v) is 13.4. The van der Waals surface area contributed by atoms with Crippen LogP contribution in [0, 0.1) is 11.8 Å². The molecule has 1 aliphatic rings. The molecule has 3 atom stereocenters. The number of hydrogen-bond acceptors (Lipinski definition) is 7. The molecule has 3 amide bonds. The molecule has 3 rings (SSSR count). The van der Waals surface area contributed by atoms with E-state index in [0.29, 0.717) is 30.3 Å². The Kier molecular flexibility index (Phi) is 11.0. The smallest absolute Gasteiger partial charge is 0.290 e. The van der Waals surface area contributed by atoms with Gasteiger partial charge >= 0.3 is 0 Å². The van der Waals surface area contributed by atoms with Gasteiger partial charge in [-0.2, -0.15) is 0 Å². The predicted molar refractivity (Wildman–Crippen MR) is 142 cm³/mol. The number of nitrogens with one attached hydrogen (secondary N) is 3. The van der Waals surface area contributed by atoms with Crippen molar-refractivity contribution in [2.24, 2.45) is 11.8 Å². The van der Waals surface area contributed by atoms with E-state index in [-0.39, 0.29) is 30.0 Å². The van der Waals surface area contributed by atoms with Crippen molar-refractivity contribution in [3.8, 4) is 11.5 Å². The zero-order valence-electron chi connectivity index (χ0n) is 22.7. The Morgan fingerprint density at radius 2 is 1.82 bits per heavy atom. The van der Waals surface area contributed by atoms with Gasteiger partial charge in [0.15, 0.2) is 0 Å². The summed E-state index contributed by atoms with van der Waals surface area (Å²) in [5.41, 5.74) is 0.783. The second-order valence-electron chi connectivity index (χ2n) is 9.91. The van der Waals surface area contributed by atoms with Gasteiger partial charge in [-0.05, 0) is 30.4 Å². The molecule has 0 spiro atoms. The summed E-state index contributed by atoms with van der Waals surface area (Å²) in [6.45, 7) is 4.11. The lowest BCUT2D eigenvalue weighted by Gasteiger charge is -2.29. The SMILES string of the molecule is CC[C@H](C)[C@H](NC(=O)[C@H](CC1CCCCC1)NC(=O)c1ccno1)C(=O)NCc1ccc(OC)cc1OC. The molecule has 1 heterocycles. The van der Waals surface area contributed by atoms with Gasteiger partial charge in [-0.15, -0.1) is 0 Å². The third-order valence-corrected chi connectivity index (χ3v) is 7.32. The van der Waals surface area contributed by atoms with Gasteiger partial charge < -0.3 is 29.9 Å². The molecule has 1 saturated carbocycles. The zero-order chi connectivity index (χ0) is 27.5.